The first-order valence-electron chi connectivity index (χ1n) is 10.1. The largest absolute Gasteiger partial charge is 0.362 e. The molecule has 1 aliphatic rings. The molecule has 0 bridgehead atoms. The van der Waals surface area contributed by atoms with Crippen LogP contribution in [0.4, 0.5) is 11.8 Å². The summed E-state index contributed by atoms with van der Waals surface area (Å²) in [5, 5.41) is 8.39. The molecule has 6 heteroatoms. The van der Waals surface area contributed by atoms with Crippen molar-refractivity contribution in [1.82, 2.24) is 19.9 Å². The molecular formula is C22H30N6. The zero-order valence-electron chi connectivity index (χ0n) is 17.0. The maximum Gasteiger partial charge on any atom is 0.225 e. The molecule has 2 N–H and O–H groups in total. The van der Waals surface area contributed by atoms with Crippen molar-refractivity contribution < 1.29 is 0 Å². The molecule has 1 aliphatic carbocycles. The highest BCUT2D eigenvalue weighted by Gasteiger charge is 2.22. The monoisotopic (exact) mass is 378 g/mol. The molecule has 1 aromatic carbocycles. The van der Waals surface area contributed by atoms with E-state index in [1.54, 1.807) is 0 Å². The molecule has 28 heavy (non-hydrogen) atoms. The number of aromatic nitrogens is 3. The topological polar surface area (TPSA) is 58.0 Å². The van der Waals surface area contributed by atoms with Gasteiger partial charge in [0, 0.05) is 57.0 Å². The summed E-state index contributed by atoms with van der Waals surface area (Å²) in [5.74, 6) is 1.70. The van der Waals surface area contributed by atoms with Crippen molar-refractivity contribution in [2.75, 3.05) is 24.3 Å². The van der Waals surface area contributed by atoms with Crippen LogP contribution >= 0.6 is 0 Å². The highest BCUT2D eigenvalue weighted by Crippen LogP contribution is 2.26. The summed E-state index contributed by atoms with van der Waals surface area (Å²) in [6, 6.07) is 13.5. The first-order valence-corrected chi connectivity index (χ1v) is 10.1. The fraction of sp³-hybridized carbons (Fsp3) is 0.455. The first kappa shape index (κ1) is 18.7. The lowest BCUT2D eigenvalue weighted by molar-refractivity contribution is 0.350. The summed E-state index contributed by atoms with van der Waals surface area (Å²) in [5.41, 5.74) is 2.32. The Morgan fingerprint density at radius 1 is 1.00 bits per heavy atom. The standard InChI is InChI=1S/C22H30N6/c1-27(2)21-19-8-4-5-9-20(19)25-22(26-21)24-17-12-10-16(11-13-17)23-15-18-7-6-14-28(18)3/h4-9,14,16-17,23H,10-13,15H2,1-3H3,(H,24,25,26). The van der Waals surface area contributed by atoms with Gasteiger partial charge in [0.15, 0.2) is 0 Å². The van der Waals surface area contributed by atoms with E-state index in [2.05, 4.69) is 57.6 Å². The van der Waals surface area contributed by atoms with Gasteiger partial charge in [0.1, 0.15) is 5.82 Å². The molecule has 6 nitrogen and oxygen atoms in total. The average Bonchev–Trinajstić information content (AvgIpc) is 3.11. The number of hydrogen-bond acceptors (Lipinski definition) is 5. The van der Waals surface area contributed by atoms with Crippen molar-refractivity contribution >= 4 is 22.7 Å². The van der Waals surface area contributed by atoms with Crippen LogP contribution in [0.15, 0.2) is 42.6 Å². The van der Waals surface area contributed by atoms with Crippen LogP contribution in [0.25, 0.3) is 10.9 Å². The highest BCUT2D eigenvalue weighted by molar-refractivity contribution is 5.90. The zero-order chi connectivity index (χ0) is 19.5. The van der Waals surface area contributed by atoms with Gasteiger partial charge in [-0.05, 0) is 49.9 Å². The number of nitrogens with zero attached hydrogens (tertiary/aromatic N) is 4. The van der Waals surface area contributed by atoms with E-state index in [1.807, 2.05) is 26.2 Å². The summed E-state index contributed by atoms with van der Waals surface area (Å²) >= 11 is 0. The van der Waals surface area contributed by atoms with E-state index in [0.29, 0.717) is 12.1 Å². The van der Waals surface area contributed by atoms with Gasteiger partial charge in [-0.1, -0.05) is 12.1 Å². The quantitative estimate of drug-likeness (QED) is 0.687. The van der Waals surface area contributed by atoms with Gasteiger partial charge in [-0.25, -0.2) is 4.98 Å². The van der Waals surface area contributed by atoms with Crippen LogP contribution in [0.5, 0.6) is 0 Å². The zero-order valence-corrected chi connectivity index (χ0v) is 17.0. The number of para-hydroxylation sites is 1. The lowest BCUT2D eigenvalue weighted by Gasteiger charge is -2.30. The molecule has 1 fully saturated rings. The van der Waals surface area contributed by atoms with Crippen molar-refractivity contribution in [3.05, 3.63) is 48.3 Å². The van der Waals surface area contributed by atoms with Gasteiger partial charge in [0.05, 0.1) is 5.52 Å². The number of hydrogen-bond donors (Lipinski definition) is 2. The normalized spacial score (nSPS) is 19.7. The van der Waals surface area contributed by atoms with Gasteiger partial charge in [-0.3, -0.25) is 0 Å². The maximum absolute atomic E-state index is 4.78. The second kappa shape index (κ2) is 8.19. The molecule has 0 saturated heterocycles. The fourth-order valence-electron chi connectivity index (χ4n) is 4.02. The molecule has 0 amide bonds. The van der Waals surface area contributed by atoms with Gasteiger partial charge in [-0.15, -0.1) is 0 Å². The van der Waals surface area contributed by atoms with E-state index in [4.69, 9.17) is 9.97 Å². The molecule has 2 aromatic heterocycles. The maximum atomic E-state index is 4.78. The SMILES string of the molecule is CN(C)c1nc(NC2CCC(NCc3cccn3C)CC2)nc2ccccc12. The van der Waals surface area contributed by atoms with Crippen LogP contribution in [0.2, 0.25) is 0 Å². The summed E-state index contributed by atoms with van der Waals surface area (Å²) in [7, 11) is 6.16. The highest BCUT2D eigenvalue weighted by atomic mass is 15.2. The Balaban J connectivity index is 1.36. The molecule has 1 saturated carbocycles. The molecule has 0 spiro atoms. The lowest BCUT2D eigenvalue weighted by Crippen LogP contribution is -2.37. The predicted octanol–water partition coefficient (Wildman–Crippen LogP) is 3.55. The van der Waals surface area contributed by atoms with Crippen LogP contribution in [-0.4, -0.2) is 40.7 Å². The summed E-state index contributed by atoms with van der Waals surface area (Å²) in [6.45, 7) is 0.937. The van der Waals surface area contributed by atoms with Crippen molar-refractivity contribution in [1.29, 1.82) is 0 Å². The van der Waals surface area contributed by atoms with Crippen LogP contribution in [0, 0.1) is 0 Å². The minimum absolute atomic E-state index is 0.435. The molecule has 0 aliphatic heterocycles. The van der Waals surface area contributed by atoms with Gasteiger partial charge in [-0.2, -0.15) is 4.98 Å². The van der Waals surface area contributed by atoms with Gasteiger partial charge in [0.2, 0.25) is 5.95 Å². The van der Waals surface area contributed by atoms with E-state index < -0.39 is 0 Å². The van der Waals surface area contributed by atoms with Gasteiger partial charge < -0.3 is 20.1 Å². The number of nitrogens with one attached hydrogen (secondary N) is 2. The number of aryl methyl sites for hydroxylation is 1. The number of fused-ring (bicyclic) bond motifs is 1. The molecule has 148 valence electrons. The first-order chi connectivity index (χ1) is 13.6. The Morgan fingerprint density at radius 3 is 2.46 bits per heavy atom. The van der Waals surface area contributed by atoms with Crippen LogP contribution < -0.4 is 15.5 Å². The van der Waals surface area contributed by atoms with E-state index in [-0.39, 0.29) is 0 Å². The second-order valence-corrected chi connectivity index (χ2v) is 7.97. The number of anilines is 2. The van der Waals surface area contributed by atoms with Crippen LogP contribution in [0.1, 0.15) is 31.4 Å². The van der Waals surface area contributed by atoms with Gasteiger partial charge in [0.25, 0.3) is 0 Å². The minimum atomic E-state index is 0.435. The number of benzene rings is 1. The molecular weight excluding hydrogens is 348 g/mol. The Labute approximate surface area is 167 Å². The van der Waals surface area contributed by atoms with E-state index >= 15 is 0 Å². The predicted molar refractivity (Wildman–Crippen MR) is 116 cm³/mol. The minimum Gasteiger partial charge on any atom is -0.362 e. The lowest BCUT2D eigenvalue weighted by atomic mass is 9.91. The summed E-state index contributed by atoms with van der Waals surface area (Å²) in [6.07, 6.45) is 6.73. The number of rotatable bonds is 6. The Morgan fingerprint density at radius 2 is 1.75 bits per heavy atom. The van der Waals surface area contributed by atoms with Crippen molar-refractivity contribution in [2.24, 2.45) is 7.05 Å². The van der Waals surface area contributed by atoms with E-state index in [9.17, 15) is 0 Å². The van der Waals surface area contributed by atoms with E-state index in [1.165, 1.54) is 18.5 Å². The summed E-state index contributed by atoms with van der Waals surface area (Å²) in [4.78, 5) is 11.6. The Hall–Kier alpha value is -2.60. The third-order valence-electron chi connectivity index (χ3n) is 5.69. The van der Waals surface area contributed by atoms with Crippen molar-refractivity contribution in [3.8, 4) is 0 Å². The summed E-state index contributed by atoms with van der Waals surface area (Å²) < 4.78 is 2.18. The third-order valence-corrected chi connectivity index (χ3v) is 5.69. The van der Waals surface area contributed by atoms with Gasteiger partial charge >= 0.3 is 0 Å². The van der Waals surface area contributed by atoms with Crippen LogP contribution in [-0.2, 0) is 13.6 Å². The molecule has 0 unspecified atom stereocenters. The Bertz CT molecular complexity index is 924. The van der Waals surface area contributed by atoms with Crippen LogP contribution in [0.3, 0.4) is 0 Å². The fourth-order valence-corrected chi connectivity index (χ4v) is 4.02. The molecule has 0 radical (unpaired) electrons. The Kier molecular flexibility index (Phi) is 5.48. The molecule has 4 rings (SSSR count). The van der Waals surface area contributed by atoms with Crippen molar-refractivity contribution in [3.63, 3.8) is 0 Å². The second-order valence-electron chi connectivity index (χ2n) is 7.97. The smallest absolute Gasteiger partial charge is 0.225 e. The third kappa shape index (κ3) is 4.12. The van der Waals surface area contributed by atoms with Crippen molar-refractivity contribution in [2.45, 2.75) is 44.3 Å². The molecule has 2 heterocycles. The molecule has 3 aromatic rings. The van der Waals surface area contributed by atoms with E-state index in [0.717, 1.165) is 42.1 Å². The molecule has 0 atom stereocenters. The average molecular weight is 379 g/mol.